The van der Waals surface area contributed by atoms with E-state index in [2.05, 4.69) is 5.32 Å². The van der Waals surface area contributed by atoms with E-state index in [1.165, 1.54) is 6.07 Å². The molecule has 6 heteroatoms. The number of rotatable bonds is 7. The molecule has 0 unspecified atom stereocenters. The summed E-state index contributed by atoms with van der Waals surface area (Å²) in [7, 11) is 0. The summed E-state index contributed by atoms with van der Waals surface area (Å²) in [6.45, 7) is 7.37. The molecule has 1 rings (SSSR count). The van der Waals surface area contributed by atoms with E-state index in [1.807, 2.05) is 19.9 Å². The largest absolute Gasteiger partial charge is 0.416 e. The van der Waals surface area contributed by atoms with Crippen LogP contribution in [0.1, 0.15) is 52.5 Å². The van der Waals surface area contributed by atoms with Gasteiger partial charge in [0.05, 0.1) is 22.9 Å². The Balaban J connectivity index is 0.00000301. The van der Waals surface area contributed by atoms with E-state index in [0.717, 1.165) is 12.2 Å². The molecule has 0 amide bonds. The van der Waals surface area contributed by atoms with Crippen molar-refractivity contribution in [3.63, 3.8) is 0 Å². The summed E-state index contributed by atoms with van der Waals surface area (Å²) in [6, 6.07) is 8.17. The number of carbonyl (C=O) groups excluding carboxylic acids is 1. The second-order valence-electron chi connectivity index (χ2n) is 5.11. The normalized spacial score (nSPS) is 11.9. The van der Waals surface area contributed by atoms with E-state index in [4.69, 9.17) is 5.26 Å². The molecule has 142 valence electrons. The van der Waals surface area contributed by atoms with Gasteiger partial charge in [0.2, 0.25) is 0 Å². The number of allylic oxidation sites excluding steroid dienone is 4. The van der Waals surface area contributed by atoms with Crippen molar-refractivity contribution in [2.24, 2.45) is 0 Å². The molecule has 3 nitrogen and oxygen atoms in total. The SMILES string of the molecule is CC.CC/C=C(/C=C(\Nc1cccc(C#N)c1)C(=O)CCC)C(F)(F)F. The van der Waals surface area contributed by atoms with Gasteiger partial charge in [0.1, 0.15) is 0 Å². The third-order valence-corrected chi connectivity index (χ3v) is 3.10. The van der Waals surface area contributed by atoms with Crippen LogP contribution in [0.3, 0.4) is 0 Å². The first-order chi connectivity index (χ1) is 12.3. The fraction of sp³-hybridized carbons (Fsp3) is 0.400. The van der Waals surface area contributed by atoms with Crippen molar-refractivity contribution < 1.29 is 18.0 Å². The summed E-state index contributed by atoms with van der Waals surface area (Å²) >= 11 is 0. The molecule has 0 aliphatic heterocycles. The third-order valence-electron chi connectivity index (χ3n) is 3.10. The van der Waals surface area contributed by atoms with Crippen LogP contribution in [0.15, 0.2) is 47.7 Å². The second-order valence-corrected chi connectivity index (χ2v) is 5.11. The van der Waals surface area contributed by atoms with Gasteiger partial charge in [-0.05, 0) is 37.1 Å². The monoisotopic (exact) mass is 366 g/mol. The molecule has 0 radical (unpaired) electrons. The summed E-state index contributed by atoms with van der Waals surface area (Å²) in [5.41, 5.74) is -0.262. The molecule has 0 spiro atoms. The number of ketones is 1. The average Bonchev–Trinajstić information content (AvgIpc) is 2.61. The van der Waals surface area contributed by atoms with Crippen LogP contribution in [0.5, 0.6) is 0 Å². The number of carbonyl (C=O) groups is 1. The zero-order valence-electron chi connectivity index (χ0n) is 15.6. The highest BCUT2D eigenvalue weighted by atomic mass is 19.4. The van der Waals surface area contributed by atoms with Crippen LogP contribution >= 0.6 is 0 Å². The highest BCUT2D eigenvalue weighted by molar-refractivity contribution is 5.98. The first-order valence-electron chi connectivity index (χ1n) is 8.61. The molecule has 0 atom stereocenters. The smallest absolute Gasteiger partial charge is 0.353 e. The molecule has 0 fully saturated rings. The number of benzene rings is 1. The summed E-state index contributed by atoms with van der Waals surface area (Å²) in [5, 5.41) is 11.6. The predicted octanol–water partition coefficient (Wildman–Crippen LogP) is 6.15. The van der Waals surface area contributed by atoms with Crippen LogP contribution < -0.4 is 5.32 Å². The van der Waals surface area contributed by atoms with E-state index >= 15 is 0 Å². The summed E-state index contributed by atoms with van der Waals surface area (Å²) in [5.74, 6) is -0.411. The molecule has 0 aliphatic rings. The fourth-order valence-electron chi connectivity index (χ4n) is 2.00. The Hall–Kier alpha value is -2.55. The molecule has 1 aromatic rings. The van der Waals surface area contributed by atoms with Crippen LogP contribution in [0.2, 0.25) is 0 Å². The van der Waals surface area contributed by atoms with E-state index in [9.17, 15) is 18.0 Å². The molecule has 0 saturated heterocycles. The van der Waals surface area contributed by atoms with E-state index < -0.39 is 17.5 Å². The van der Waals surface area contributed by atoms with Crippen LogP contribution in [0, 0.1) is 11.3 Å². The number of nitrogens with one attached hydrogen (secondary N) is 1. The molecule has 0 aromatic heterocycles. The number of alkyl halides is 3. The Morgan fingerprint density at radius 3 is 2.42 bits per heavy atom. The van der Waals surface area contributed by atoms with Gasteiger partial charge in [-0.3, -0.25) is 4.79 Å². The van der Waals surface area contributed by atoms with E-state index in [0.29, 0.717) is 17.7 Å². The van der Waals surface area contributed by atoms with Crippen molar-refractivity contribution in [3.05, 3.63) is 53.3 Å². The van der Waals surface area contributed by atoms with Crippen LogP contribution in [0.4, 0.5) is 18.9 Å². The molecular formula is C20H25F3N2O. The van der Waals surface area contributed by atoms with Gasteiger partial charge in [-0.2, -0.15) is 18.4 Å². The van der Waals surface area contributed by atoms with Crippen molar-refractivity contribution in [2.45, 2.75) is 53.1 Å². The van der Waals surface area contributed by atoms with Crippen molar-refractivity contribution >= 4 is 11.5 Å². The fourth-order valence-corrected chi connectivity index (χ4v) is 2.00. The van der Waals surface area contributed by atoms with Gasteiger partial charge in [0, 0.05) is 12.1 Å². The van der Waals surface area contributed by atoms with Crippen LogP contribution in [0.25, 0.3) is 0 Å². The minimum atomic E-state index is -4.54. The number of hydrogen-bond donors (Lipinski definition) is 1. The Kier molecular flexibility index (Phi) is 10.7. The number of anilines is 1. The zero-order chi connectivity index (χ0) is 20.2. The maximum Gasteiger partial charge on any atom is 0.416 e. The van der Waals surface area contributed by atoms with Crippen molar-refractivity contribution in [2.75, 3.05) is 5.32 Å². The highest BCUT2D eigenvalue weighted by Gasteiger charge is 2.32. The highest BCUT2D eigenvalue weighted by Crippen LogP contribution is 2.28. The first kappa shape index (κ1) is 23.4. The number of hydrogen-bond acceptors (Lipinski definition) is 3. The van der Waals surface area contributed by atoms with Gasteiger partial charge in [-0.1, -0.05) is 39.8 Å². The molecule has 1 N–H and O–H groups in total. The quantitative estimate of drug-likeness (QED) is 0.465. The predicted molar refractivity (Wildman–Crippen MR) is 98.6 cm³/mol. The van der Waals surface area contributed by atoms with Crippen LogP contribution in [-0.4, -0.2) is 12.0 Å². The Morgan fingerprint density at radius 1 is 1.27 bits per heavy atom. The number of nitriles is 1. The minimum absolute atomic E-state index is 0.133. The lowest BCUT2D eigenvalue weighted by Gasteiger charge is -2.13. The maximum absolute atomic E-state index is 13.1. The lowest BCUT2D eigenvalue weighted by molar-refractivity contribution is -0.115. The number of halogens is 3. The number of nitrogens with zero attached hydrogens (tertiary/aromatic N) is 1. The van der Waals surface area contributed by atoms with Gasteiger partial charge in [0.15, 0.2) is 5.78 Å². The molecule has 0 saturated carbocycles. The summed E-state index contributed by atoms with van der Waals surface area (Å²) in [6.07, 6.45) is -1.81. The van der Waals surface area contributed by atoms with Gasteiger partial charge < -0.3 is 5.32 Å². The third kappa shape index (κ3) is 8.02. The summed E-state index contributed by atoms with van der Waals surface area (Å²) in [4.78, 5) is 12.2. The molecule has 26 heavy (non-hydrogen) atoms. The van der Waals surface area contributed by atoms with E-state index in [1.54, 1.807) is 32.0 Å². The molecule has 0 bridgehead atoms. The molecular weight excluding hydrogens is 341 g/mol. The Bertz CT molecular complexity index is 683. The minimum Gasteiger partial charge on any atom is -0.353 e. The van der Waals surface area contributed by atoms with Crippen molar-refractivity contribution in [1.82, 2.24) is 0 Å². The lowest BCUT2D eigenvalue weighted by Crippen LogP contribution is -2.16. The molecule has 0 aliphatic carbocycles. The lowest BCUT2D eigenvalue weighted by atomic mass is 10.1. The first-order valence-corrected chi connectivity index (χ1v) is 8.61. The standard InChI is InChI=1S/C18H19F3N2O.C2H6/c1-3-6-14(18(19,20)21)11-16(17(24)7-4-2)23-15-9-5-8-13(10-15)12-22;1-2/h5-6,8-11,23H,3-4,7H2,1-2H3;1-2H3/b14-6-,16-11-;. The second kappa shape index (κ2) is 11.9. The van der Waals surface area contributed by atoms with Gasteiger partial charge in [-0.25, -0.2) is 0 Å². The maximum atomic E-state index is 13.1. The zero-order valence-corrected chi connectivity index (χ0v) is 15.6. The summed E-state index contributed by atoms with van der Waals surface area (Å²) < 4.78 is 39.2. The van der Waals surface area contributed by atoms with Gasteiger partial charge in [0.25, 0.3) is 0 Å². The number of Topliss-reactive ketones (excluding diaryl/α,β-unsaturated/α-hetero) is 1. The van der Waals surface area contributed by atoms with Crippen molar-refractivity contribution in [1.29, 1.82) is 5.26 Å². The van der Waals surface area contributed by atoms with Crippen LogP contribution in [-0.2, 0) is 4.79 Å². The average molecular weight is 366 g/mol. The topological polar surface area (TPSA) is 52.9 Å². The Morgan fingerprint density at radius 2 is 1.92 bits per heavy atom. The van der Waals surface area contributed by atoms with Gasteiger partial charge >= 0.3 is 6.18 Å². The van der Waals surface area contributed by atoms with E-state index in [-0.39, 0.29) is 18.5 Å². The molecule has 1 aromatic carbocycles. The Labute approximate surface area is 153 Å². The molecule has 0 heterocycles. The van der Waals surface area contributed by atoms with Crippen molar-refractivity contribution in [3.8, 4) is 6.07 Å². The van der Waals surface area contributed by atoms with Gasteiger partial charge in [-0.15, -0.1) is 0 Å².